The lowest BCUT2D eigenvalue weighted by molar-refractivity contribution is -0.155. The Balaban J connectivity index is 0.965. The monoisotopic (exact) mass is 624 g/mol. The van der Waals surface area contributed by atoms with Crippen LogP contribution in [0.25, 0.3) is 10.8 Å². The van der Waals surface area contributed by atoms with Gasteiger partial charge in [-0.05, 0) is 110 Å². The minimum Gasteiger partial charge on any atom is -0.458 e. The summed E-state index contributed by atoms with van der Waals surface area (Å²) in [5.41, 5.74) is 0.485. The molecule has 7 nitrogen and oxygen atoms in total. The Kier molecular flexibility index (Phi) is 6.77. The molecule has 0 bridgehead atoms. The molecule has 1 spiro atoms. The Labute approximate surface area is 270 Å². The second kappa shape index (κ2) is 10.4. The van der Waals surface area contributed by atoms with E-state index in [1.807, 2.05) is 43.3 Å². The standard InChI is InChI=1S/C39H44O7/c1-21-18-31(45-36(43)27(21)20-44-35(42)25-11-7-9-23-8-5-6-10-24(23)25)22(2)28-12-13-29-26-19-34-39(46-34)33(41)15-14-32(40)38(39,4)30(26)16-17-37(28,29)3/h5-11,14-15,22,26,28-31,33-34,41H,12-13,16-20H2,1-4H3/t22-,26-,28+,29-,30-,31+,33-,34+,37+,38-,39+/m0/s1. The van der Waals surface area contributed by atoms with E-state index in [0.717, 1.165) is 48.4 Å². The van der Waals surface area contributed by atoms with Gasteiger partial charge < -0.3 is 19.3 Å². The van der Waals surface area contributed by atoms with E-state index < -0.39 is 23.1 Å². The summed E-state index contributed by atoms with van der Waals surface area (Å²) in [7, 11) is 0. The number of fused-ring (bicyclic) bond motifs is 5. The highest BCUT2D eigenvalue weighted by Crippen LogP contribution is 2.73. The van der Waals surface area contributed by atoms with Crippen LogP contribution in [0.15, 0.2) is 65.8 Å². The maximum absolute atomic E-state index is 13.5. The van der Waals surface area contributed by atoms with Crippen molar-refractivity contribution in [1.29, 1.82) is 0 Å². The quantitative estimate of drug-likeness (QED) is 0.305. The lowest BCUT2D eigenvalue weighted by Crippen LogP contribution is -2.63. The number of aliphatic hydroxyl groups is 1. The molecule has 3 saturated carbocycles. The van der Waals surface area contributed by atoms with E-state index in [2.05, 4.69) is 20.8 Å². The highest BCUT2D eigenvalue weighted by atomic mass is 16.6. The van der Waals surface area contributed by atoms with E-state index in [0.29, 0.717) is 35.3 Å². The summed E-state index contributed by atoms with van der Waals surface area (Å²) in [5.74, 6) is 0.866. The maximum Gasteiger partial charge on any atom is 0.339 e. The molecule has 2 aromatic carbocycles. The summed E-state index contributed by atoms with van der Waals surface area (Å²) in [5, 5.41) is 12.7. The van der Waals surface area contributed by atoms with Gasteiger partial charge in [-0.1, -0.05) is 55.8 Å². The van der Waals surface area contributed by atoms with Crippen molar-refractivity contribution in [3.63, 3.8) is 0 Å². The molecule has 4 aliphatic carbocycles. The number of ether oxygens (including phenoxy) is 3. The van der Waals surface area contributed by atoms with Crippen molar-refractivity contribution < 1.29 is 33.7 Å². The van der Waals surface area contributed by atoms with Crippen LogP contribution in [-0.2, 0) is 23.8 Å². The van der Waals surface area contributed by atoms with Crippen molar-refractivity contribution in [3.8, 4) is 0 Å². The zero-order chi connectivity index (χ0) is 32.2. The van der Waals surface area contributed by atoms with Crippen LogP contribution in [0.3, 0.4) is 0 Å². The average molecular weight is 625 g/mol. The average Bonchev–Trinajstić information content (AvgIpc) is 3.68. The van der Waals surface area contributed by atoms with Gasteiger partial charge in [-0.25, -0.2) is 9.59 Å². The van der Waals surface area contributed by atoms with Crippen LogP contribution in [-0.4, -0.2) is 53.3 Å². The lowest BCUT2D eigenvalue weighted by Gasteiger charge is -2.58. The number of ketones is 1. The summed E-state index contributed by atoms with van der Waals surface area (Å²) in [6, 6.07) is 13.2. The Morgan fingerprint density at radius 2 is 1.85 bits per heavy atom. The molecule has 0 radical (unpaired) electrons. The van der Waals surface area contributed by atoms with Crippen LogP contribution in [0.1, 0.15) is 76.6 Å². The molecule has 1 N–H and O–H groups in total. The third kappa shape index (κ3) is 4.00. The summed E-state index contributed by atoms with van der Waals surface area (Å²) in [4.78, 5) is 39.9. The largest absolute Gasteiger partial charge is 0.458 e. The van der Waals surface area contributed by atoms with Crippen LogP contribution < -0.4 is 0 Å². The van der Waals surface area contributed by atoms with Crippen LogP contribution in [0.4, 0.5) is 0 Å². The van der Waals surface area contributed by atoms with E-state index in [4.69, 9.17) is 14.2 Å². The molecule has 0 unspecified atom stereocenters. The smallest absolute Gasteiger partial charge is 0.339 e. The van der Waals surface area contributed by atoms with Crippen molar-refractivity contribution in [1.82, 2.24) is 0 Å². The molecule has 2 heterocycles. The van der Waals surface area contributed by atoms with E-state index >= 15 is 0 Å². The van der Waals surface area contributed by atoms with Crippen molar-refractivity contribution in [2.24, 2.45) is 40.4 Å². The Hall–Kier alpha value is -3.29. The molecule has 242 valence electrons. The number of benzene rings is 2. The van der Waals surface area contributed by atoms with E-state index in [1.165, 1.54) is 0 Å². The van der Waals surface area contributed by atoms with E-state index in [9.17, 15) is 19.5 Å². The van der Waals surface area contributed by atoms with Gasteiger partial charge in [0.15, 0.2) is 5.78 Å². The Bertz CT molecular complexity index is 1700. The molecule has 0 amide bonds. The molecule has 1 saturated heterocycles. The molecule has 46 heavy (non-hydrogen) atoms. The first-order valence-electron chi connectivity index (χ1n) is 17.1. The zero-order valence-corrected chi connectivity index (χ0v) is 27.2. The van der Waals surface area contributed by atoms with Crippen LogP contribution >= 0.6 is 0 Å². The molecule has 6 aliphatic rings. The topological polar surface area (TPSA) is 102 Å². The fraction of sp³-hybridized carbons (Fsp3) is 0.564. The first-order chi connectivity index (χ1) is 22.0. The number of allylic oxidation sites excluding steroid dienone is 1. The minimum absolute atomic E-state index is 0.0679. The number of hydrogen-bond donors (Lipinski definition) is 1. The highest BCUT2D eigenvalue weighted by molar-refractivity contribution is 6.04. The molecule has 11 atom stereocenters. The van der Waals surface area contributed by atoms with Gasteiger partial charge in [0.25, 0.3) is 0 Å². The molecule has 7 heteroatoms. The number of esters is 2. The molecule has 8 rings (SSSR count). The first kappa shape index (κ1) is 30.1. The molecular formula is C39H44O7. The number of aliphatic hydroxyl groups excluding tert-OH is 1. The third-order valence-electron chi connectivity index (χ3n) is 13.8. The SMILES string of the molecule is CC1=C(COC(=O)c2cccc3ccccc23)C(=O)O[C@@H]([C@@H](C)[C@H]2CC[C@H]3[C@@H]4C[C@H]5O[C@]56[C@@H](O)C=CC(=O)[C@]6(C)[C@H]4CC[C@]23C)C1. The van der Waals surface area contributed by atoms with Crippen LogP contribution in [0.5, 0.6) is 0 Å². The van der Waals surface area contributed by atoms with Gasteiger partial charge in [0, 0.05) is 6.42 Å². The van der Waals surface area contributed by atoms with Crippen molar-refractivity contribution in [3.05, 3.63) is 71.3 Å². The van der Waals surface area contributed by atoms with Crippen molar-refractivity contribution in [2.75, 3.05) is 6.61 Å². The second-order valence-corrected chi connectivity index (χ2v) is 15.5. The van der Waals surface area contributed by atoms with Gasteiger partial charge in [-0.3, -0.25) is 4.79 Å². The third-order valence-corrected chi connectivity index (χ3v) is 13.8. The fourth-order valence-corrected chi connectivity index (χ4v) is 11.3. The maximum atomic E-state index is 13.5. The van der Waals surface area contributed by atoms with Crippen LogP contribution in [0.2, 0.25) is 0 Å². The van der Waals surface area contributed by atoms with Gasteiger partial charge in [-0.2, -0.15) is 0 Å². The summed E-state index contributed by atoms with van der Waals surface area (Å²) in [6.07, 6.45) is 7.86. The molecule has 2 aromatic rings. The molecular weight excluding hydrogens is 580 g/mol. The molecule has 0 aromatic heterocycles. The van der Waals surface area contributed by atoms with Gasteiger partial charge in [-0.15, -0.1) is 0 Å². The van der Waals surface area contributed by atoms with Gasteiger partial charge in [0.1, 0.15) is 24.4 Å². The minimum atomic E-state index is -0.750. The van der Waals surface area contributed by atoms with Crippen LogP contribution in [0, 0.1) is 40.4 Å². The number of hydrogen-bond acceptors (Lipinski definition) is 7. The fourth-order valence-electron chi connectivity index (χ4n) is 11.3. The number of carbonyl (C=O) groups is 3. The number of epoxide rings is 1. The number of cyclic esters (lactones) is 1. The van der Waals surface area contributed by atoms with Gasteiger partial charge >= 0.3 is 11.9 Å². The Morgan fingerprint density at radius 1 is 1.07 bits per heavy atom. The lowest BCUT2D eigenvalue weighted by atomic mass is 9.44. The van der Waals surface area contributed by atoms with Gasteiger partial charge in [0.05, 0.1) is 22.7 Å². The number of rotatable bonds is 5. The highest BCUT2D eigenvalue weighted by Gasteiger charge is 2.80. The van der Waals surface area contributed by atoms with Crippen molar-refractivity contribution >= 4 is 28.5 Å². The zero-order valence-electron chi connectivity index (χ0n) is 27.2. The molecule has 2 aliphatic heterocycles. The normalized spacial score (nSPS) is 41.6. The predicted octanol–water partition coefficient (Wildman–Crippen LogP) is 6.37. The Morgan fingerprint density at radius 3 is 2.65 bits per heavy atom. The first-order valence-corrected chi connectivity index (χ1v) is 17.1. The van der Waals surface area contributed by atoms with E-state index in [1.54, 1.807) is 18.2 Å². The van der Waals surface area contributed by atoms with Gasteiger partial charge in [0.2, 0.25) is 0 Å². The second-order valence-electron chi connectivity index (χ2n) is 15.5. The summed E-state index contributed by atoms with van der Waals surface area (Å²) >= 11 is 0. The van der Waals surface area contributed by atoms with E-state index in [-0.39, 0.29) is 47.8 Å². The number of carbonyl (C=O) groups excluding carboxylic acids is 3. The van der Waals surface area contributed by atoms with Crippen molar-refractivity contribution in [2.45, 2.75) is 90.1 Å². The summed E-state index contributed by atoms with van der Waals surface area (Å²) in [6.45, 7) is 8.59. The molecule has 4 fully saturated rings. The predicted molar refractivity (Wildman–Crippen MR) is 172 cm³/mol. The summed E-state index contributed by atoms with van der Waals surface area (Å²) < 4.78 is 18.1.